The number of hydrogen-bond donors (Lipinski definition) is 1. The van der Waals surface area contributed by atoms with Gasteiger partial charge in [-0.2, -0.15) is 0 Å². The summed E-state index contributed by atoms with van der Waals surface area (Å²) >= 11 is 0. The molecule has 1 saturated carbocycles. The van der Waals surface area contributed by atoms with Gasteiger partial charge in [0.25, 0.3) is 11.8 Å². The van der Waals surface area contributed by atoms with Crippen LogP contribution in [0, 0.1) is 17.8 Å². The Hall–Kier alpha value is -2.96. The molecule has 0 spiro atoms. The highest BCUT2D eigenvalue weighted by Gasteiger charge is 2.46. The molecule has 150 valence electrons. The molecule has 4 aliphatic rings. The van der Waals surface area contributed by atoms with Crippen molar-refractivity contribution in [2.45, 2.75) is 38.3 Å². The van der Waals surface area contributed by atoms with Gasteiger partial charge in [-0.15, -0.1) is 0 Å². The Morgan fingerprint density at radius 1 is 1.03 bits per heavy atom. The minimum absolute atomic E-state index is 0.118. The summed E-state index contributed by atoms with van der Waals surface area (Å²) in [5, 5.41) is 2.22. The second-order valence-corrected chi connectivity index (χ2v) is 8.59. The summed E-state index contributed by atoms with van der Waals surface area (Å²) in [6.07, 6.45) is 6.05. The molecule has 2 aliphatic carbocycles. The topological polar surface area (TPSA) is 86.8 Å². The molecule has 2 aliphatic heterocycles. The molecule has 2 bridgehead atoms. The van der Waals surface area contributed by atoms with Crippen LogP contribution in [0.1, 0.15) is 46.9 Å². The first-order valence-corrected chi connectivity index (χ1v) is 10.1. The van der Waals surface area contributed by atoms with E-state index >= 15 is 0 Å². The first kappa shape index (κ1) is 18.1. The van der Waals surface area contributed by atoms with E-state index in [9.17, 15) is 19.2 Å². The molecule has 0 aromatic heterocycles. The number of benzene rings is 1. The molecule has 1 N–H and O–H groups in total. The molecule has 29 heavy (non-hydrogen) atoms. The van der Waals surface area contributed by atoms with Crippen LogP contribution in [0.25, 0.3) is 0 Å². The summed E-state index contributed by atoms with van der Waals surface area (Å²) in [4.78, 5) is 52.7. The lowest BCUT2D eigenvalue weighted by Crippen LogP contribution is -2.54. The van der Waals surface area contributed by atoms with Gasteiger partial charge in [0.2, 0.25) is 11.8 Å². The fourth-order valence-corrected chi connectivity index (χ4v) is 5.53. The highest BCUT2D eigenvalue weighted by atomic mass is 16.2. The summed E-state index contributed by atoms with van der Waals surface area (Å²) in [6.45, 7) is 2.27. The van der Waals surface area contributed by atoms with E-state index in [0.29, 0.717) is 34.9 Å². The van der Waals surface area contributed by atoms with Crippen LogP contribution >= 0.6 is 0 Å². The van der Waals surface area contributed by atoms with E-state index in [4.69, 9.17) is 0 Å². The third-order valence-corrected chi connectivity index (χ3v) is 7.08. The number of allylic oxidation sites excluding steroid dienone is 1. The second kappa shape index (κ2) is 6.27. The number of nitrogens with zero attached hydrogens (tertiary/aromatic N) is 2. The number of anilines is 1. The molecular weight excluding hydrogens is 370 g/mol. The van der Waals surface area contributed by atoms with E-state index in [1.165, 1.54) is 6.42 Å². The lowest BCUT2D eigenvalue weighted by molar-refractivity contribution is -0.136. The van der Waals surface area contributed by atoms with Crippen LogP contribution in [-0.2, 0) is 9.59 Å². The van der Waals surface area contributed by atoms with Crippen LogP contribution in [0.4, 0.5) is 5.69 Å². The quantitative estimate of drug-likeness (QED) is 0.624. The number of amides is 4. The minimum atomic E-state index is -0.933. The summed E-state index contributed by atoms with van der Waals surface area (Å²) in [5.41, 5.74) is 1.54. The van der Waals surface area contributed by atoms with Gasteiger partial charge >= 0.3 is 0 Å². The SMILES string of the molecule is CC1C2C=CC(C2)C1N(C)c1ccc2c(c1)C(=O)N(C1CCC(=O)NC1=O)C2=O. The van der Waals surface area contributed by atoms with Crippen molar-refractivity contribution in [3.63, 3.8) is 0 Å². The smallest absolute Gasteiger partial charge is 0.262 e. The van der Waals surface area contributed by atoms with E-state index in [1.807, 2.05) is 13.1 Å². The summed E-state index contributed by atoms with van der Waals surface area (Å²) in [5.74, 6) is -0.253. The normalized spacial score (nSPS) is 32.8. The number of fused-ring (bicyclic) bond motifs is 3. The van der Waals surface area contributed by atoms with E-state index < -0.39 is 23.8 Å². The maximum absolute atomic E-state index is 13.0. The van der Waals surface area contributed by atoms with Gasteiger partial charge in [0.15, 0.2) is 0 Å². The van der Waals surface area contributed by atoms with Crippen LogP contribution in [-0.4, -0.2) is 47.7 Å². The molecule has 0 radical (unpaired) electrons. The number of nitrogens with one attached hydrogen (secondary N) is 1. The molecule has 1 saturated heterocycles. The Kier molecular flexibility index (Phi) is 3.91. The molecular formula is C22H23N3O4. The first-order chi connectivity index (χ1) is 13.9. The standard InChI is InChI=1S/C22H23N3O4/c1-11-12-3-4-13(9-12)19(11)24(2)14-5-6-15-16(10-14)22(29)25(21(15)28)17-7-8-18(26)23-20(17)27/h3-6,10-13,17,19H,7-9H2,1-2H3,(H,23,26,27). The Labute approximate surface area is 168 Å². The number of carbonyl (C=O) groups is 4. The van der Waals surface area contributed by atoms with Crippen molar-refractivity contribution in [1.82, 2.24) is 10.2 Å². The van der Waals surface area contributed by atoms with Crippen molar-refractivity contribution in [3.8, 4) is 0 Å². The van der Waals surface area contributed by atoms with Gasteiger partial charge in [-0.1, -0.05) is 19.1 Å². The third-order valence-electron chi connectivity index (χ3n) is 7.08. The monoisotopic (exact) mass is 393 g/mol. The molecule has 5 unspecified atom stereocenters. The fraction of sp³-hybridized carbons (Fsp3) is 0.455. The summed E-state index contributed by atoms with van der Waals surface area (Å²) in [6, 6.07) is 4.75. The first-order valence-electron chi connectivity index (χ1n) is 10.1. The van der Waals surface area contributed by atoms with Crippen molar-refractivity contribution in [3.05, 3.63) is 41.5 Å². The van der Waals surface area contributed by atoms with Crippen LogP contribution in [0.3, 0.4) is 0 Å². The Balaban J connectivity index is 1.43. The Morgan fingerprint density at radius 3 is 2.45 bits per heavy atom. The van der Waals surface area contributed by atoms with Gasteiger partial charge in [-0.3, -0.25) is 29.4 Å². The zero-order valence-corrected chi connectivity index (χ0v) is 16.4. The van der Waals surface area contributed by atoms with Crippen LogP contribution in [0.2, 0.25) is 0 Å². The summed E-state index contributed by atoms with van der Waals surface area (Å²) < 4.78 is 0. The Morgan fingerprint density at radius 2 is 1.76 bits per heavy atom. The molecule has 1 aromatic rings. The van der Waals surface area contributed by atoms with E-state index in [-0.39, 0.29) is 18.7 Å². The number of imide groups is 2. The van der Waals surface area contributed by atoms with Gasteiger partial charge in [0.05, 0.1) is 11.1 Å². The lowest BCUT2D eigenvalue weighted by Gasteiger charge is -2.35. The third kappa shape index (κ3) is 2.56. The predicted octanol–water partition coefficient (Wildman–Crippen LogP) is 1.73. The number of hydrogen-bond acceptors (Lipinski definition) is 5. The number of rotatable bonds is 3. The van der Waals surface area contributed by atoms with Crippen LogP contribution in [0.15, 0.2) is 30.4 Å². The van der Waals surface area contributed by atoms with Gasteiger partial charge < -0.3 is 4.90 Å². The predicted molar refractivity (Wildman–Crippen MR) is 105 cm³/mol. The number of piperidine rings is 1. The molecule has 7 nitrogen and oxygen atoms in total. The van der Waals surface area contributed by atoms with E-state index in [2.05, 4.69) is 29.3 Å². The van der Waals surface area contributed by atoms with Crippen LogP contribution in [0.5, 0.6) is 0 Å². The van der Waals surface area contributed by atoms with Crippen molar-refractivity contribution < 1.29 is 19.2 Å². The summed E-state index contributed by atoms with van der Waals surface area (Å²) in [7, 11) is 2.04. The molecule has 5 rings (SSSR count). The fourth-order valence-electron chi connectivity index (χ4n) is 5.53. The molecule has 5 atom stereocenters. The minimum Gasteiger partial charge on any atom is -0.371 e. The van der Waals surface area contributed by atoms with Gasteiger partial charge in [0, 0.05) is 25.2 Å². The highest BCUT2D eigenvalue weighted by molar-refractivity contribution is 6.23. The van der Waals surface area contributed by atoms with Crippen molar-refractivity contribution >= 4 is 29.3 Å². The second-order valence-electron chi connectivity index (χ2n) is 8.59. The largest absolute Gasteiger partial charge is 0.371 e. The Bertz CT molecular complexity index is 984. The molecule has 2 heterocycles. The zero-order chi connectivity index (χ0) is 20.4. The van der Waals surface area contributed by atoms with Crippen molar-refractivity contribution in [1.29, 1.82) is 0 Å². The van der Waals surface area contributed by atoms with Gasteiger partial charge in [0.1, 0.15) is 6.04 Å². The average molecular weight is 393 g/mol. The average Bonchev–Trinajstić information content (AvgIpc) is 3.35. The molecule has 7 heteroatoms. The molecule has 1 aromatic carbocycles. The van der Waals surface area contributed by atoms with Gasteiger partial charge in [-0.05, 0) is 48.8 Å². The maximum Gasteiger partial charge on any atom is 0.262 e. The highest BCUT2D eigenvalue weighted by Crippen LogP contribution is 2.46. The zero-order valence-electron chi connectivity index (χ0n) is 16.4. The van der Waals surface area contributed by atoms with Crippen molar-refractivity contribution in [2.24, 2.45) is 17.8 Å². The maximum atomic E-state index is 13.0. The number of carbonyl (C=O) groups excluding carboxylic acids is 4. The van der Waals surface area contributed by atoms with E-state index in [1.54, 1.807) is 12.1 Å². The van der Waals surface area contributed by atoms with Crippen molar-refractivity contribution in [2.75, 3.05) is 11.9 Å². The van der Waals surface area contributed by atoms with Gasteiger partial charge in [-0.25, -0.2) is 0 Å². The lowest BCUT2D eigenvalue weighted by atomic mass is 9.89. The molecule has 4 amide bonds. The van der Waals surface area contributed by atoms with E-state index in [0.717, 1.165) is 10.6 Å². The molecule has 2 fully saturated rings. The van der Waals surface area contributed by atoms with Crippen LogP contribution < -0.4 is 10.2 Å².